The topological polar surface area (TPSA) is 81.3 Å². The van der Waals surface area contributed by atoms with Gasteiger partial charge in [-0.15, -0.1) is 11.3 Å². The number of rotatable bonds is 7. The second-order valence-corrected chi connectivity index (χ2v) is 7.45. The molecule has 8 heteroatoms. The third kappa shape index (κ3) is 4.13. The molecule has 3 heterocycles. The SMILES string of the molecule is CCOC(=O)COc1ccccc1C1CC(c2cccs2)=NN1C(=O)c1ccco1. The van der Waals surface area contributed by atoms with E-state index in [1.165, 1.54) is 11.3 Å². The van der Waals surface area contributed by atoms with Crippen LogP contribution >= 0.6 is 11.3 Å². The number of hydrazone groups is 1. The van der Waals surface area contributed by atoms with Crippen LogP contribution in [0.2, 0.25) is 0 Å². The lowest BCUT2D eigenvalue weighted by molar-refractivity contribution is -0.145. The molecule has 0 N–H and O–H groups in total. The molecule has 0 bridgehead atoms. The first kappa shape index (κ1) is 19.9. The van der Waals surface area contributed by atoms with Crippen molar-refractivity contribution in [2.45, 2.75) is 19.4 Å². The average Bonchev–Trinajstić information content (AvgIpc) is 3.53. The van der Waals surface area contributed by atoms with Crippen LogP contribution in [0.1, 0.15) is 40.4 Å². The zero-order valence-corrected chi connectivity index (χ0v) is 17.1. The van der Waals surface area contributed by atoms with Gasteiger partial charge in [0.15, 0.2) is 12.4 Å². The number of benzene rings is 1. The highest BCUT2D eigenvalue weighted by Gasteiger charge is 2.36. The predicted molar refractivity (Wildman–Crippen MR) is 112 cm³/mol. The maximum atomic E-state index is 13.1. The molecule has 7 nitrogen and oxygen atoms in total. The Morgan fingerprint density at radius 3 is 2.80 bits per heavy atom. The van der Waals surface area contributed by atoms with Crippen molar-refractivity contribution in [2.24, 2.45) is 5.10 Å². The molecule has 0 radical (unpaired) electrons. The quantitative estimate of drug-likeness (QED) is 0.529. The van der Waals surface area contributed by atoms with Crippen LogP contribution in [0.5, 0.6) is 5.75 Å². The third-order valence-electron chi connectivity index (χ3n) is 4.58. The van der Waals surface area contributed by atoms with Gasteiger partial charge in [0.25, 0.3) is 0 Å². The van der Waals surface area contributed by atoms with Crippen LogP contribution in [0.25, 0.3) is 0 Å². The Hall–Kier alpha value is -3.39. The zero-order chi connectivity index (χ0) is 20.9. The summed E-state index contributed by atoms with van der Waals surface area (Å²) < 4.78 is 16.0. The summed E-state index contributed by atoms with van der Waals surface area (Å²) in [5.74, 6) is -0.0638. The Bertz CT molecular complexity index is 1040. The van der Waals surface area contributed by atoms with Gasteiger partial charge in [-0.1, -0.05) is 24.3 Å². The van der Waals surface area contributed by atoms with Crippen LogP contribution in [0.3, 0.4) is 0 Å². The van der Waals surface area contributed by atoms with E-state index >= 15 is 0 Å². The Morgan fingerprint density at radius 1 is 1.20 bits per heavy atom. The van der Waals surface area contributed by atoms with Gasteiger partial charge in [0.1, 0.15) is 5.75 Å². The van der Waals surface area contributed by atoms with E-state index in [1.54, 1.807) is 36.5 Å². The van der Waals surface area contributed by atoms with Gasteiger partial charge in [0.2, 0.25) is 0 Å². The van der Waals surface area contributed by atoms with Gasteiger partial charge in [-0.25, -0.2) is 9.80 Å². The summed E-state index contributed by atoms with van der Waals surface area (Å²) in [6, 6.07) is 14.1. The minimum Gasteiger partial charge on any atom is -0.482 e. The highest BCUT2D eigenvalue weighted by molar-refractivity contribution is 7.12. The predicted octanol–water partition coefficient (Wildman–Crippen LogP) is 4.27. The fraction of sp³-hybridized carbons (Fsp3) is 0.227. The number of amides is 1. The van der Waals surface area contributed by atoms with E-state index in [9.17, 15) is 9.59 Å². The number of nitrogens with zero attached hydrogens (tertiary/aromatic N) is 2. The van der Waals surface area contributed by atoms with Crippen LogP contribution in [-0.4, -0.2) is 35.8 Å². The van der Waals surface area contributed by atoms with Crippen molar-refractivity contribution in [3.63, 3.8) is 0 Å². The summed E-state index contributed by atoms with van der Waals surface area (Å²) in [7, 11) is 0. The van der Waals surface area contributed by atoms with Crippen LogP contribution < -0.4 is 4.74 Å². The lowest BCUT2D eigenvalue weighted by Crippen LogP contribution is -2.27. The number of ether oxygens (including phenoxy) is 2. The standard InChI is InChI=1S/C22H20N2O5S/c1-2-27-21(25)14-29-18-8-4-3-7-15(18)17-13-16(20-10-6-12-30-20)23-24(17)22(26)19-9-5-11-28-19/h3-12,17H,2,13-14H2,1H3. The van der Waals surface area contributed by atoms with Gasteiger partial charge < -0.3 is 13.9 Å². The number of esters is 1. The van der Waals surface area contributed by atoms with Crippen molar-refractivity contribution in [2.75, 3.05) is 13.2 Å². The van der Waals surface area contributed by atoms with Gasteiger partial charge in [-0.2, -0.15) is 5.10 Å². The summed E-state index contributed by atoms with van der Waals surface area (Å²) in [6.07, 6.45) is 1.98. The lowest BCUT2D eigenvalue weighted by Gasteiger charge is -2.23. The monoisotopic (exact) mass is 424 g/mol. The largest absolute Gasteiger partial charge is 0.482 e. The van der Waals surface area contributed by atoms with Crippen LogP contribution in [0.4, 0.5) is 0 Å². The summed E-state index contributed by atoms with van der Waals surface area (Å²) in [5.41, 5.74) is 1.58. The first-order valence-electron chi connectivity index (χ1n) is 9.53. The lowest BCUT2D eigenvalue weighted by atomic mass is 10.00. The Morgan fingerprint density at radius 2 is 2.07 bits per heavy atom. The fourth-order valence-corrected chi connectivity index (χ4v) is 3.99. The Labute approximate surface area is 177 Å². The highest BCUT2D eigenvalue weighted by atomic mass is 32.1. The van der Waals surface area contributed by atoms with Crippen molar-refractivity contribution in [3.8, 4) is 5.75 Å². The maximum Gasteiger partial charge on any atom is 0.344 e. The second kappa shape index (κ2) is 8.96. The minimum absolute atomic E-state index is 0.206. The van der Waals surface area contributed by atoms with Gasteiger partial charge in [0.05, 0.1) is 29.5 Å². The highest BCUT2D eigenvalue weighted by Crippen LogP contribution is 2.38. The summed E-state index contributed by atoms with van der Waals surface area (Å²) >= 11 is 1.57. The molecule has 0 spiro atoms. The van der Waals surface area contributed by atoms with E-state index < -0.39 is 12.0 Å². The maximum absolute atomic E-state index is 13.1. The van der Waals surface area contributed by atoms with Crippen molar-refractivity contribution in [3.05, 3.63) is 76.4 Å². The van der Waals surface area contributed by atoms with Crippen molar-refractivity contribution in [1.82, 2.24) is 5.01 Å². The number of hydrogen-bond acceptors (Lipinski definition) is 7. The molecule has 1 atom stereocenters. The molecule has 0 saturated heterocycles. The number of thiophene rings is 1. The molecule has 1 aliphatic heterocycles. The van der Waals surface area contributed by atoms with Crippen LogP contribution in [0, 0.1) is 0 Å². The van der Waals surface area contributed by atoms with Crippen LogP contribution in [0.15, 0.2) is 69.7 Å². The minimum atomic E-state index is -0.447. The van der Waals surface area contributed by atoms with Crippen molar-refractivity contribution >= 4 is 28.9 Å². The van der Waals surface area contributed by atoms with Gasteiger partial charge in [-0.3, -0.25) is 4.79 Å². The summed E-state index contributed by atoms with van der Waals surface area (Å²) in [6.45, 7) is 1.82. The van der Waals surface area contributed by atoms with Gasteiger partial charge in [-0.05, 0) is 36.6 Å². The van der Waals surface area contributed by atoms with Gasteiger partial charge in [0, 0.05) is 12.0 Å². The molecule has 4 rings (SSSR count). The number of hydrogen-bond donors (Lipinski definition) is 0. The van der Waals surface area contributed by atoms with E-state index in [-0.39, 0.29) is 24.9 Å². The first-order valence-corrected chi connectivity index (χ1v) is 10.4. The molecule has 30 heavy (non-hydrogen) atoms. The Balaban J connectivity index is 1.65. The smallest absolute Gasteiger partial charge is 0.344 e. The molecular formula is C22H20N2O5S. The molecule has 0 fully saturated rings. The molecule has 3 aromatic rings. The summed E-state index contributed by atoms with van der Waals surface area (Å²) in [5, 5.41) is 8.02. The molecule has 0 saturated carbocycles. The molecule has 1 amide bonds. The van der Waals surface area contributed by atoms with E-state index in [4.69, 9.17) is 13.9 Å². The molecule has 1 unspecified atom stereocenters. The normalized spacial score (nSPS) is 15.7. The zero-order valence-electron chi connectivity index (χ0n) is 16.3. The second-order valence-electron chi connectivity index (χ2n) is 6.50. The van der Waals surface area contributed by atoms with E-state index in [0.717, 1.165) is 16.2 Å². The number of carbonyl (C=O) groups is 2. The van der Waals surface area contributed by atoms with Crippen molar-refractivity contribution < 1.29 is 23.5 Å². The average molecular weight is 424 g/mol. The van der Waals surface area contributed by atoms with E-state index in [1.807, 2.05) is 35.7 Å². The van der Waals surface area contributed by atoms with Crippen molar-refractivity contribution in [1.29, 1.82) is 0 Å². The molecule has 0 aliphatic carbocycles. The Kier molecular flexibility index (Phi) is 5.94. The fourth-order valence-electron chi connectivity index (χ4n) is 3.27. The molecule has 154 valence electrons. The summed E-state index contributed by atoms with van der Waals surface area (Å²) in [4.78, 5) is 25.8. The third-order valence-corrected chi connectivity index (χ3v) is 5.50. The van der Waals surface area contributed by atoms with Crippen LogP contribution in [-0.2, 0) is 9.53 Å². The molecule has 1 aliphatic rings. The number of furan rings is 1. The first-order chi connectivity index (χ1) is 14.7. The number of carbonyl (C=O) groups excluding carboxylic acids is 2. The molecular weight excluding hydrogens is 404 g/mol. The van der Waals surface area contributed by atoms with E-state index in [0.29, 0.717) is 12.2 Å². The van der Waals surface area contributed by atoms with E-state index in [2.05, 4.69) is 5.10 Å². The number of para-hydroxylation sites is 1. The molecule has 2 aromatic heterocycles. The van der Waals surface area contributed by atoms with Gasteiger partial charge >= 0.3 is 11.9 Å². The molecule has 1 aromatic carbocycles.